The zero-order chi connectivity index (χ0) is 21.7. The van der Waals surface area contributed by atoms with Gasteiger partial charge >= 0.3 is 0 Å². The molecule has 0 amide bonds. The smallest absolute Gasteiger partial charge is 0.255 e. The summed E-state index contributed by atoms with van der Waals surface area (Å²) in [6.45, 7) is 9.39. The van der Waals surface area contributed by atoms with Gasteiger partial charge in [0.05, 0.1) is 5.56 Å². The quantitative estimate of drug-likeness (QED) is 0.445. The van der Waals surface area contributed by atoms with Gasteiger partial charge in [-0.2, -0.15) is 0 Å². The number of hydrogen-bond donors (Lipinski definition) is 3. The number of allylic oxidation sites excluding steroid dienone is 2. The van der Waals surface area contributed by atoms with Gasteiger partial charge in [-0.25, -0.2) is 0 Å². The second-order valence-corrected chi connectivity index (χ2v) is 9.97. The molecule has 2 aliphatic carbocycles. The number of fused-ring (bicyclic) bond motifs is 1. The van der Waals surface area contributed by atoms with Crippen LogP contribution in [0.4, 0.5) is 0 Å². The van der Waals surface area contributed by atoms with Gasteiger partial charge < -0.3 is 15.2 Å². The molecule has 1 heterocycles. The fourth-order valence-corrected chi connectivity index (χ4v) is 6.23. The summed E-state index contributed by atoms with van der Waals surface area (Å²) >= 11 is 0. The Morgan fingerprint density at radius 2 is 1.90 bits per heavy atom. The standard InChI is InChI=1S/C26H33NO3/c1-16-7-5-9-23-25(16,3)11-10-17(2)26(23,4)15-18-13-22(29)20(14-21(18)28)19-8-6-12-27-24(19)30/h6-8,12-14,17,23,28-29H,5,9-11,15H2,1-4H3,(H,27,30). The van der Waals surface area contributed by atoms with Crippen LogP contribution in [-0.2, 0) is 6.42 Å². The third kappa shape index (κ3) is 3.17. The zero-order valence-corrected chi connectivity index (χ0v) is 18.5. The van der Waals surface area contributed by atoms with Crippen LogP contribution in [0.3, 0.4) is 0 Å². The number of phenolic OH excluding ortho intramolecular Hbond substituents is 2. The Morgan fingerprint density at radius 3 is 2.63 bits per heavy atom. The van der Waals surface area contributed by atoms with Crippen molar-refractivity contribution < 1.29 is 10.2 Å². The van der Waals surface area contributed by atoms with Gasteiger partial charge in [0.2, 0.25) is 0 Å². The number of hydrogen-bond acceptors (Lipinski definition) is 3. The maximum Gasteiger partial charge on any atom is 0.255 e. The van der Waals surface area contributed by atoms with Crippen LogP contribution in [0.2, 0.25) is 0 Å². The second-order valence-electron chi connectivity index (χ2n) is 9.97. The monoisotopic (exact) mass is 407 g/mol. The normalized spacial score (nSPS) is 31.1. The van der Waals surface area contributed by atoms with E-state index in [1.54, 1.807) is 24.4 Å². The second kappa shape index (κ2) is 7.33. The van der Waals surface area contributed by atoms with E-state index in [1.165, 1.54) is 30.9 Å². The Labute approximate surface area is 178 Å². The van der Waals surface area contributed by atoms with Crippen LogP contribution in [-0.4, -0.2) is 15.2 Å². The van der Waals surface area contributed by atoms with E-state index in [-0.39, 0.29) is 27.9 Å². The number of rotatable bonds is 3. The summed E-state index contributed by atoms with van der Waals surface area (Å²) in [7, 11) is 0. The van der Waals surface area contributed by atoms with Gasteiger partial charge in [0, 0.05) is 11.8 Å². The summed E-state index contributed by atoms with van der Waals surface area (Å²) in [6, 6.07) is 6.57. The number of aromatic nitrogens is 1. The third-order valence-electron chi connectivity index (χ3n) is 8.47. The van der Waals surface area contributed by atoms with Crippen molar-refractivity contribution in [1.82, 2.24) is 4.98 Å². The fourth-order valence-electron chi connectivity index (χ4n) is 6.23. The van der Waals surface area contributed by atoms with Crippen LogP contribution >= 0.6 is 0 Å². The molecular weight excluding hydrogens is 374 g/mol. The predicted octanol–water partition coefficient (Wildman–Crippen LogP) is 5.79. The fraction of sp³-hybridized carbons (Fsp3) is 0.500. The molecule has 2 aromatic rings. The lowest BCUT2D eigenvalue weighted by molar-refractivity contribution is -0.0412. The molecule has 4 atom stereocenters. The van der Waals surface area contributed by atoms with Crippen molar-refractivity contribution in [3.8, 4) is 22.6 Å². The largest absolute Gasteiger partial charge is 0.508 e. The van der Waals surface area contributed by atoms with Crippen LogP contribution < -0.4 is 5.56 Å². The maximum atomic E-state index is 12.1. The van der Waals surface area contributed by atoms with Crippen LogP contribution in [0, 0.1) is 22.7 Å². The molecular formula is C26H33NO3. The summed E-state index contributed by atoms with van der Waals surface area (Å²) < 4.78 is 0. The molecule has 4 nitrogen and oxygen atoms in total. The molecule has 0 radical (unpaired) electrons. The maximum absolute atomic E-state index is 12.1. The van der Waals surface area contributed by atoms with Crippen molar-refractivity contribution in [3.63, 3.8) is 0 Å². The number of benzene rings is 1. The molecule has 1 aromatic heterocycles. The van der Waals surface area contributed by atoms with E-state index in [1.807, 2.05) is 0 Å². The molecule has 4 heteroatoms. The highest BCUT2D eigenvalue weighted by Crippen LogP contribution is 2.61. The number of pyridine rings is 1. The number of aromatic hydroxyl groups is 2. The van der Waals surface area contributed by atoms with E-state index < -0.39 is 0 Å². The molecule has 0 aliphatic heterocycles. The molecule has 4 unspecified atom stereocenters. The topological polar surface area (TPSA) is 73.3 Å². The van der Waals surface area contributed by atoms with Crippen molar-refractivity contribution in [2.75, 3.05) is 0 Å². The van der Waals surface area contributed by atoms with Crippen LogP contribution in [0.5, 0.6) is 11.5 Å². The van der Waals surface area contributed by atoms with Gasteiger partial charge in [0.15, 0.2) is 0 Å². The minimum Gasteiger partial charge on any atom is -0.508 e. The first-order valence-corrected chi connectivity index (χ1v) is 11.1. The Kier molecular flexibility index (Phi) is 5.08. The van der Waals surface area contributed by atoms with Crippen molar-refractivity contribution in [2.24, 2.45) is 22.7 Å². The van der Waals surface area contributed by atoms with Crippen LogP contribution in [0.1, 0.15) is 58.9 Å². The van der Waals surface area contributed by atoms with Gasteiger partial charge in [-0.05, 0) is 91.5 Å². The lowest BCUT2D eigenvalue weighted by Gasteiger charge is -2.58. The summed E-state index contributed by atoms with van der Waals surface area (Å²) in [6.07, 6.45) is 9.33. The molecule has 4 rings (SSSR count). The highest BCUT2D eigenvalue weighted by atomic mass is 16.3. The first kappa shape index (κ1) is 20.8. The van der Waals surface area contributed by atoms with E-state index in [2.05, 4.69) is 38.8 Å². The van der Waals surface area contributed by atoms with Gasteiger partial charge in [-0.3, -0.25) is 4.79 Å². The first-order valence-electron chi connectivity index (χ1n) is 11.1. The summed E-state index contributed by atoms with van der Waals surface area (Å²) in [5.74, 6) is 1.25. The predicted molar refractivity (Wildman–Crippen MR) is 121 cm³/mol. The average Bonchev–Trinajstić information content (AvgIpc) is 2.70. The summed E-state index contributed by atoms with van der Waals surface area (Å²) in [4.78, 5) is 14.8. The molecule has 0 spiro atoms. The van der Waals surface area contributed by atoms with Crippen molar-refractivity contribution in [2.45, 2.75) is 59.8 Å². The lowest BCUT2D eigenvalue weighted by atomic mass is 9.47. The van der Waals surface area contributed by atoms with E-state index in [4.69, 9.17) is 0 Å². The van der Waals surface area contributed by atoms with Gasteiger partial charge in [-0.15, -0.1) is 0 Å². The van der Waals surface area contributed by atoms with Crippen molar-refractivity contribution in [1.29, 1.82) is 0 Å². The van der Waals surface area contributed by atoms with Crippen molar-refractivity contribution >= 4 is 0 Å². The van der Waals surface area contributed by atoms with Crippen LogP contribution in [0.25, 0.3) is 11.1 Å². The van der Waals surface area contributed by atoms with Crippen molar-refractivity contribution in [3.05, 3.63) is 58.0 Å². The molecule has 30 heavy (non-hydrogen) atoms. The highest BCUT2D eigenvalue weighted by molar-refractivity contribution is 5.72. The molecule has 160 valence electrons. The van der Waals surface area contributed by atoms with Gasteiger partial charge in [0.1, 0.15) is 11.5 Å². The molecule has 0 saturated heterocycles. The lowest BCUT2D eigenvalue weighted by Crippen LogP contribution is -2.50. The number of aromatic amines is 1. The Balaban J connectivity index is 1.73. The molecule has 1 aromatic carbocycles. The molecule has 3 N–H and O–H groups in total. The van der Waals surface area contributed by atoms with Crippen LogP contribution in [0.15, 0.2) is 46.9 Å². The number of H-pyrrole nitrogens is 1. The van der Waals surface area contributed by atoms with E-state index in [0.29, 0.717) is 29.4 Å². The SMILES string of the molecule is CC1=CCCC2C1(C)CCC(C)C2(C)Cc1cc(O)c(-c2ccc[nH]c2=O)cc1O. The van der Waals surface area contributed by atoms with Gasteiger partial charge in [-0.1, -0.05) is 32.4 Å². The average molecular weight is 408 g/mol. The Morgan fingerprint density at radius 1 is 1.13 bits per heavy atom. The zero-order valence-electron chi connectivity index (χ0n) is 18.5. The van der Waals surface area contributed by atoms with Gasteiger partial charge in [0.25, 0.3) is 5.56 Å². The summed E-state index contributed by atoms with van der Waals surface area (Å²) in [5, 5.41) is 21.6. The molecule has 2 aliphatic rings. The molecule has 1 saturated carbocycles. The van der Waals surface area contributed by atoms with E-state index in [0.717, 1.165) is 12.0 Å². The third-order valence-corrected chi connectivity index (χ3v) is 8.47. The highest BCUT2D eigenvalue weighted by Gasteiger charge is 2.53. The minimum atomic E-state index is -0.284. The number of nitrogens with one attached hydrogen (secondary N) is 1. The first-order chi connectivity index (χ1) is 14.2. The molecule has 1 fully saturated rings. The Hall–Kier alpha value is -2.49. The summed E-state index contributed by atoms with van der Waals surface area (Å²) in [5.41, 5.74) is 2.92. The number of phenols is 2. The minimum absolute atomic E-state index is 0.0260. The van der Waals surface area contributed by atoms with E-state index in [9.17, 15) is 15.0 Å². The Bertz CT molecular complexity index is 1050. The van der Waals surface area contributed by atoms with E-state index >= 15 is 0 Å². The molecule has 0 bridgehead atoms.